The van der Waals surface area contributed by atoms with Crippen LogP contribution in [0.3, 0.4) is 0 Å². The number of aromatic nitrogens is 4. The molecule has 0 spiro atoms. The number of aryl methyl sites for hydroxylation is 2. The Labute approximate surface area is 147 Å². The van der Waals surface area contributed by atoms with Crippen LogP contribution in [0.2, 0.25) is 0 Å². The number of thioether (sulfide) groups is 1. The molecule has 3 aromatic rings. The minimum Gasteiger partial charge on any atom is -0.325 e. The van der Waals surface area contributed by atoms with Crippen LogP contribution in [-0.4, -0.2) is 30.3 Å². The molecule has 0 unspecified atom stereocenters. The number of hydrogen-bond donors (Lipinski definition) is 1. The van der Waals surface area contributed by atoms with Crippen LogP contribution in [0.1, 0.15) is 0 Å². The maximum atomic E-state index is 12.2. The molecule has 0 fully saturated rings. The van der Waals surface area contributed by atoms with Crippen molar-refractivity contribution in [3.05, 3.63) is 51.2 Å². The van der Waals surface area contributed by atoms with Gasteiger partial charge in [-0.25, -0.2) is 9.78 Å². The molecular formula is C16H17N5O3S. The van der Waals surface area contributed by atoms with Gasteiger partial charge in [-0.15, -0.1) is 0 Å². The molecule has 2 heterocycles. The highest BCUT2D eigenvalue weighted by Gasteiger charge is 2.17. The maximum Gasteiger partial charge on any atom is 0.332 e. The molecule has 2 aromatic heterocycles. The first-order chi connectivity index (χ1) is 11.9. The summed E-state index contributed by atoms with van der Waals surface area (Å²) in [5.41, 5.74) is 0.486. The molecular weight excluding hydrogens is 342 g/mol. The Hall–Kier alpha value is -2.81. The number of amides is 1. The summed E-state index contributed by atoms with van der Waals surface area (Å²) in [4.78, 5) is 40.7. The molecule has 1 aromatic carbocycles. The van der Waals surface area contributed by atoms with Gasteiger partial charge in [-0.05, 0) is 12.1 Å². The number of nitrogens with zero attached hydrogens (tertiary/aromatic N) is 4. The molecule has 130 valence electrons. The van der Waals surface area contributed by atoms with Gasteiger partial charge < -0.3 is 9.88 Å². The fourth-order valence-electron chi connectivity index (χ4n) is 2.54. The molecule has 0 aliphatic carbocycles. The molecule has 0 saturated carbocycles. The largest absolute Gasteiger partial charge is 0.332 e. The summed E-state index contributed by atoms with van der Waals surface area (Å²) < 4.78 is 4.04. The number of fused-ring (bicyclic) bond motifs is 1. The van der Waals surface area contributed by atoms with Crippen LogP contribution < -0.4 is 16.6 Å². The second-order valence-electron chi connectivity index (χ2n) is 5.53. The molecule has 1 N–H and O–H groups in total. The van der Waals surface area contributed by atoms with E-state index >= 15 is 0 Å². The molecule has 1 amide bonds. The van der Waals surface area contributed by atoms with Crippen LogP contribution in [0.4, 0.5) is 5.69 Å². The maximum absolute atomic E-state index is 12.2. The van der Waals surface area contributed by atoms with Crippen molar-refractivity contribution < 1.29 is 4.79 Å². The van der Waals surface area contributed by atoms with Gasteiger partial charge in [0.1, 0.15) is 0 Å². The number of carbonyl (C=O) groups excluding carboxylic acids is 1. The van der Waals surface area contributed by atoms with Crippen molar-refractivity contribution in [2.75, 3.05) is 11.1 Å². The summed E-state index contributed by atoms with van der Waals surface area (Å²) in [6.45, 7) is 0. The fourth-order valence-corrected chi connectivity index (χ4v) is 3.30. The smallest absolute Gasteiger partial charge is 0.325 e. The molecule has 3 rings (SSSR count). The van der Waals surface area contributed by atoms with E-state index in [1.54, 1.807) is 30.8 Å². The van der Waals surface area contributed by atoms with E-state index in [1.807, 2.05) is 18.2 Å². The van der Waals surface area contributed by atoms with Crippen molar-refractivity contribution in [3.63, 3.8) is 0 Å². The number of rotatable bonds is 4. The quantitative estimate of drug-likeness (QED) is 0.693. The van der Waals surface area contributed by atoms with E-state index in [-0.39, 0.29) is 17.2 Å². The first-order valence-corrected chi connectivity index (χ1v) is 8.49. The standard InChI is InChI=1S/C16H17N5O3S/c1-19-13-12(14(23)21(3)16(24)20(13)2)18-15(19)25-9-11(22)17-10-7-5-4-6-8-10/h4-8H,9H2,1-3H3,(H,17,22). The van der Waals surface area contributed by atoms with Gasteiger partial charge >= 0.3 is 5.69 Å². The fraction of sp³-hybridized carbons (Fsp3) is 0.250. The van der Waals surface area contributed by atoms with Crippen LogP contribution in [0.25, 0.3) is 11.2 Å². The molecule has 0 aliphatic rings. The number of carbonyl (C=O) groups is 1. The second-order valence-corrected chi connectivity index (χ2v) is 6.48. The van der Waals surface area contributed by atoms with Crippen LogP contribution in [0, 0.1) is 0 Å². The van der Waals surface area contributed by atoms with Crippen LogP contribution in [-0.2, 0) is 25.9 Å². The zero-order valence-corrected chi connectivity index (χ0v) is 14.8. The van der Waals surface area contributed by atoms with Crippen LogP contribution in [0.15, 0.2) is 45.1 Å². The van der Waals surface area contributed by atoms with Gasteiger partial charge in [-0.2, -0.15) is 0 Å². The van der Waals surface area contributed by atoms with Gasteiger partial charge in [0.2, 0.25) is 5.91 Å². The minimum atomic E-state index is -0.450. The molecule has 25 heavy (non-hydrogen) atoms. The van der Waals surface area contributed by atoms with E-state index in [0.29, 0.717) is 10.8 Å². The number of benzene rings is 1. The Morgan fingerprint density at radius 3 is 2.44 bits per heavy atom. The number of anilines is 1. The van der Waals surface area contributed by atoms with E-state index < -0.39 is 11.2 Å². The molecule has 9 heteroatoms. The Morgan fingerprint density at radius 2 is 1.76 bits per heavy atom. The van der Waals surface area contributed by atoms with Gasteiger partial charge in [0.25, 0.3) is 5.56 Å². The number of hydrogen-bond acceptors (Lipinski definition) is 5. The first kappa shape index (κ1) is 17.0. The minimum absolute atomic E-state index is 0.139. The number of imidazole rings is 1. The Morgan fingerprint density at radius 1 is 1.08 bits per heavy atom. The predicted octanol–water partition coefficient (Wildman–Crippen LogP) is 0.702. The van der Waals surface area contributed by atoms with Crippen molar-refractivity contribution in [1.82, 2.24) is 18.7 Å². The molecule has 0 bridgehead atoms. The lowest BCUT2D eigenvalue weighted by Gasteiger charge is -2.06. The topological polar surface area (TPSA) is 90.9 Å². The van der Waals surface area contributed by atoms with E-state index in [0.717, 1.165) is 10.3 Å². The predicted molar refractivity (Wildman–Crippen MR) is 97.0 cm³/mol. The Bertz CT molecular complexity index is 1070. The van der Waals surface area contributed by atoms with Gasteiger partial charge in [0.15, 0.2) is 16.3 Å². The molecule has 0 saturated heterocycles. The van der Waals surface area contributed by atoms with E-state index in [4.69, 9.17) is 0 Å². The van der Waals surface area contributed by atoms with Crippen molar-refractivity contribution in [3.8, 4) is 0 Å². The highest BCUT2D eigenvalue weighted by molar-refractivity contribution is 7.99. The normalized spacial score (nSPS) is 11.0. The van der Waals surface area contributed by atoms with Crippen LogP contribution >= 0.6 is 11.8 Å². The zero-order chi connectivity index (χ0) is 18.1. The van der Waals surface area contributed by atoms with Gasteiger partial charge in [0.05, 0.1) is 5.75 Å². The van der Waals surface area contributed by atoms with Crippen molar-refractivity contribution >= 4 is 34.5 Å². The third kappa shape index (κ3) is 3.10. The third-order valence-electron chi connectivity index (χ3n) is 3.81. The van der Waals surface area contributed by atoms with Crippen molar-refractivity contribution in [2.45, 2.75) is 5.16 Å². The zero-order valence-electron chi connectivity index (χ0n) is 14.0. The Kier molecular flexibility index (Phi) is 4.49. The SMILES string of the molecule is Cn1c(=O)c2nc(SCC(=O)Nc3ccccc3)n(C)c2n(C)c1=O. The van der Waals surface area contributed by atoms with Gasteiger partial charge in [0, 0.05) is 26.8 Å². The van der Waals surface area contributed by atoms with Gasteiger partial charge in [-0.1, -0.05) is 30.0 Å². The summed E-state index contributed by atoms with van der Waals surface area (Å²) in [6, 6.07) is 9.15. The summed E-state index contributed by atoms with van der Waals surface area (Å²) >= 11 is 1.21. The van der Waals surface area contributed by atoms with Crippen LogP contribution in [0.5, 0.6) is 0 Å². The third-order valence-corrected chi connectivity index (χ3v) is 4.84. The molecule has 0 radical (unpaired) electrons. The monoisotopic (exact) mass is 359 g/mol. The highest BCUT2D eigenvalue weighted by Crippen LogP contribution is 2.20. The first-order valence-electron chi connectivity index (χ1n) is 7.50. The number of para-hydroxylation sites is 1. The van der Waals surface area contributed by atoms with Gasteiger partial charge in [-0.3, -0.25) is 18.7 Å². The Balaban J connectivity index is 1.85. The van der Waals surface area contributed by atoms with Crippen molar-refractivity contribution in [2.24, 2.45) is 21.1 Å². The lowest BCUT2D eigenvalue weighted by molar-refractivity contribution is -0.113. The number of nitrogens with one attached hydrogen (secondary N) is 1. The summed E-state index contributed by atoms with van der Waals surface area (Å²) in [5.74, 6) is -0.0367. The average molecular weight is 359 g/mol. The lowest BCUT2D eigenvalue weighted by atomic mass is 10.3. The molecule has 0 aliphatic heterocycles. The summed E-state index contributed by atoms with van der Waals surface area (Å²) in [7, 11) is 4.72. The summed E-state index contributed by atoms with van der Waals surface area (Å²) in [5, 5.41) is 3.29. The average Bonchev–Trinajstić information content (AvgIpc) is 2.94. The van der Waals surface area contributed by atoms with E-state index in [9.17, 15) is 14.4 Å². The van der Waals surface area contributed by atoms with Crippen molar-refractivity contribution in [1.29, 1.82) is 0 Å². The highest BCUT2D eigenvalue weighted by atomic mass is 32.2. The second kappa shape index (κ2) is 6.60. The molecule has 0 atom stereocenters. The summed E-state index contributed by atoms with van der Waals surface area (Å²) in [6.07, 6.45) is 0. The lowest BCUT2D eigenvalue weighted by Crippen LogP contribution is -2.37. The van der Waals surface area contributed by atoms with E-state index in [2.05, 4.69) is 10.3 Å². The molecule has 8 nitrogen and oxygen atoms in total. The van der Waals surface area contributed by atoms with E-state index in [1.165, 1.54) is 23.4 Å².